The zero-order valence-electron chi connectivity index (χ0n) is 5.91. The van der Waals surface area contributed by atoms with Gasteiger partial charge < -0.3 is 10.4 Å². The molecule has 1 aromatic rings. The van der Waals surface area contributed by atoms with E-state index < -0.39 is 6.23 Å². The third kappa shape index (κ3) is 2.07. The van der Waals surface area contributed by atoms with E-state index >= 15 is 0 Å². The van der Waals surface area contributed by atoms with Crippen LogP contribution in [0.4, 0.5) is 5.69 Å². The van der Waals surface area contributed by atoms with Gasteiger partial charge in [-0.15, -0.1) is 0 Å². The molecule has 10 heavy (non-hydrogen) atoms. The highest BCUT2D eigenvalue weighted by atomic mass is 16.3. The van der Waals surface area contributed by atoms with Gasteiger partial charge in [0.15, 0.2) is 0 Å². The summed E-state index contributed by atoms with van der Waals surface area (Å²) in [6.07, 6.45) is -0.484. The second kappa shape index (κ2) is 3.22. The van der Waals surface area contributed by atoms with Crippen molar-refractivity contribution in [3.8, 4) is 0 Å². The van der Waals surface area contributed by atoms with E-state index in [0.717, 1.165) is 5.69 Å². The lowest BCUT2D eigenvalue weighted by molar-refractivity contribution is 0.224. The molecule has 0 saturated carbocycles. The minimum atomic E-state index is -0.484. The van der Waals surface area contributed by atoms with Crippen LogP contribution in [0.15, 0.2) is 30.3 Å². The third-order valence-electron chi connectivity index (χ3n) is 1.15. The maximum Gasteiger partial charge on any atom is 0.121 e. The van der Waals surface area contributed by atoms with Gasteiger partial charge in [-0.1, -0.05) is 18.2 Å². The van der Waals surface area contributed by atoms with Crippen LogP contribution in [0.2, 0.25) is 0 Å². The minimum absolute atomic E-state index is 0.484. The van der Waals surface area contributed by atoms with Crippen molar-refractivity contribution in [2.24, 2.45) is 0 Å². The van der Waals surface area contributed by atoms with Gasteiger partial charge in [0.2, 0.25) is 0 Å². The van der Waals surface area contributed by atoms with Crippen LogP contribution in [0.5, 0.6) is 0 Å². The van der Waals surface area contributed by atoms with E-state index in [2.05, 4.69) is 5.32 Å². The van der Waals surface area contributed by atoms with Gasteiger partial charge in [0.25, 0.3) is 0 Å². The molecule has 1 aromatic carbocycles. The molecule has 1 unspecified atom stereocenters. The van der Waals surface area contributed by atoms with Crippen LogP contribution in [-0.4, -0.2) is 11.3 Å². The van der Waals surface area contributed by atoms with Crippen molar-refractivity contribution in [2.45, 2.75) is 13.2 Å². The fourth-order valence-corrected chi connectivity index (χ4v) is 0.776. The van der Waals surface area contributed by atoms with Crippen molar-refractivity contribution >= 4 is 5.69 Å². The smallest absolute Gasteiger partial charge is 0.121 e. The predicted molar refractivity (Wildman–Crippen MR) is 41.7 cm³/mol. The Morgan fingerprint density at radius 3 is 2.40 bits per heavy atom. The number of para-hydroxylation sites is 1. The summed E-state index contributed by atoms with van der Waals surface area (Å²) in [4.78, 5) is 0. The van der Waals surface area contributed by atoms with Crippen LogP contribution < -0.4 is 5.32 Å². The summed E-state index contributed by atoms with van der Waals surface area (Å²) in [5.74, 6) is 0. The maximum atomic E-state index is 8.89. The lowest BCUT2D eigenvalue weighted by atomic mass is 10.3. The Bertz CT molecular complexity index is 184. The molecular weight excluding hydrogens is 126 g/mol. The third-order valence-corrected chi connectivity index (χ3v) is 1.15. The van der Waals surface area contributed by atoms with Crippen molar-refractivity contribution in [3.63, 3.8) is 0 Å². The zero-order chi connectivity index (χ0) is 7.40. The second-order valence-corrected chi connectivity index (χ2v) is 2.19. The Morgan fingerprint density at radius 2 is 1.90 bits per heavy atom. The monoisotopic (exact) mass is 137 g/mol. The Balaban J connectivity index is 2.59. The van der Waals surface area contributed by atoms with Gasteiger partial charge in [-0.25, -0.2) is 0 Å². The Kier molecular flexibility index (Phi) is 2.29. The number of anilines is 1. The fourth-order valence-electron chi connectivity index (χ4n) is 0.776. The number of nitrogens with one attached hydrogen (secondary N) is 1. The van der Waals surface area contributed by atoms with Crippen molar-refractivity contribution < 1.29 is 5.11 Å². The molecule has 1 rings (SSSR count). The summed E-state index contributed by atoms with van der Waals surface area (Å²) in [5, 5.41) is 11.8. The molecule has 0 amide bonds. The number of rotatable bonds is 2. The van der Waals surface area contributed by atoms with Crippen molar-refractivity contribution in [1.29, 1.82) is 0 Å². The largest absolute Gasteiger partial charge is 0.374 e. The first-order valence-electron chi connectivity index (χ1n) is 3.28. The van der Waals surface area contributed by atoms with Gasteiger partial charge in [-0.3, -0.25) is 0 Å². The van der Waals surface area contributed by atoms with Gasteiger partial charge >= 0.3 is 0 Å². The molecule has 0 heterocycles. The normalized spacial score (nSPS) is 12.6. The van der Waals surface area contributed by atoms with Crippen LogP contribution in [0, 0.1) is 0 Å². The van der Waals surface area contributed by atoms with Crippen molar-refractivity contribution in [2.75, 3.05) is 5.32 Å². The van der Waals surface area contributed by atoms with E-state index in [1.54, 1.807) is 6.92 Å². The zero-order valence-corrected chi connectivity index (χ0v) is 5.91. The maximum absolute atomic E-state index is 8.89. The van der Waals surface area contributed by atoms with Gasteiger partial charge in [0.1, 0.15) is 6.23 Å². The Morgan fingerprint density at radius 1 is 1.30 bits per heavy atom. The molecule has 1 atom stereocenters. The fraction of sp³-hybridized carbons (Fsp3) is 0.250. The minimum Gasteiger partial charge on any atom is -0.374 e. The molecule has 0 fully saturated rings. The number of aliphatic hydroxyl groups excluding tert-OH is 1. The average molecular weight is 137 g/mol. The molecular formula is C8H11NO. The summed E-state index contributed by atoms with van der Waals surface area (Å²) in [6, 6.07) is 9.60. The SMILES string of the molecule is CC(O)Nc1ccccc1. The van der Waals surface area contributed by atoms with Crippen LogP contribution in [0.1, 0.15) is 6.92 Å². The standard InChI is InChI=1S/C8H11NO/c1-7(10)9-8-5-3-2-4-6-8/h2-7,9-10H,1H3. The molecule has 0 aromatic heterocycles. The average Bonchev–Trinajstić information content (AvgIpc) is 1.88. The van der Waals surface area contributed by atoms with Crippen LogP contribution >= 0.6 is 0 Å². The number of hydrogen-bond acceptors (Lipinski definition) is 2. The van der Waals surface area contributed by atoms with Crippen molar-refractivity contribution in [3.05, 3.63) is 30.3 Å². The molecule has 2 N–H and O–H groups in total. The summed E-state index contributed by atoms with van der Waals surface area (Å²) < 4.78 is 0. The molecule has 0 bridgehead atoms. The molecule has 0 aliphatic carbocycles. The molecule has 2 heteroatoms. The first-order chi connectivity index (χ1) is 4.79. The van der Waals surface area contributed by atoms with E-state index in [9.17, 15) is 0 Å². The van der Waals surface area contributed by atoms with Gasteiger partial charge in [0.05, 0.1) is 0 Å². The molecule has 54 valence electrons. The van der Waals surface area contributed by atoms with E-state index in [0.29, 0.717) is 0 Å². The second-order valence-electron chi connectivity index (χ2n) is 2.19. The van der Waals surface area contributed by atoms with Gasteiger partial charge in [-0.05, 0) is 19.1 Å². The quantitative estimate of drug-likeness (QED) is 0.604. The van der Waals surface area contributed by atoms with Crippen LogP contribution in [0.3, 0.4) is 0 Å². The highest BCUT2D eigenvalue weighted by Gasteiger charge is 1.91. The lowest BCUT2D eigenvalue weighted by Crippen LogP contribution is -2.12. The number of hydrogen-bond donors (Lipinski definition) is 2. The van der Waals surface area contributed by atoms with Gasteiger partial charge in [-0.2, -0.15) is 0 Å². The summed E-state index contributed by atoms with van der Waals surface area (Å²) >= 11 is 0. The summed E-state index contributed by atoms with van der Waals surface area (Å²) in [6.45, 7) is 1.69. The molecule has 0 saturated heterocycles. The molecule has 0 aliphatic rings. The van der Waals surface area contributed by atoms with E-state index in [-0.39, 0.29) is 0 Å². The predicted octanol–water partition coefficient (Wildman–Crippen LogP) is 1.44. The van der Waals surface area contributed by atoms with Crippen LogP contribution in [-0.2, 0) is 0 Å². The van der Waals surface area contributed by atoms with Gasteiger partial charge in [0, 0.05) is 5.69 Å². The topological polar surface area (TPSA) is 32.3 Å². The number of aliphatic hydroxyl groups is 1. The first kappa shape index (κ1) is 7.09. The Labute approximate surface area is 60.5 Å². The lowest BCUT2D eigenvalue weighted by Gasteiger charge is -2.07. The molecule has 0 spiro atoms. The summed E-state index contributed by atoms with van der Waals surface area (Å²) in [5.41, 5.74) is 0.942. The van der Waals surface area contributed by atoms with E-state index in [1.807, 2.05) is 30.3 Å². The van der Waals surface area contributed by atoms with Crippen molar-refractivity contribution in [1.82, 2.24) is 0 Å². The van der Waals surface area contributed by atoms with E-state index in [1.165, 1.54) is 0 Å². The van der Waals surface area contributed by atoms with E-state index in [4.69, 9.17) is 5.11 Å². The molecule has 2 nitrogen and oxygen atoms in total. The first-order valence-corrected chi connectivity index (χ1v) is 3.28. The Hall–Kier alpha value is -1.02. The highest BCUT2D eigenvalue weighted by Crippen LogP contribution is 2.04. The molecule has 0 aliphatic heterocycles. The summed E-state index contributed by atoms with van der Waals surface area (Å²) in [7, 11) is 0. The highest BCUT2D eigenvalue weighted by molar-refractivity contribution is 5.42. The van der Waals surface area contributed by atoms with Crippen LogP contribution in [0.25, 0.3) is 0 Å². The number of benzene rings is 1. The molecule has 0 radical (unpaired) electrons.